The molecule has 1 aliphatic heterocycles. The van der Waals surface area contributed by atoms with E-state index in [4.69, 9.17) is 9.47 Å². The monoisotopic (exact) mass is 440 g/mol. The maximum atomic E-state index is 12.6. The van der Waals surface area contributed by atoms with Gasteiger partial charge in [-0.1, -0.05) is 12.1 Å². The number of hydrogen-bond acceptors (Lipinski definition) is 6. The predicted molar refractivity (Wildman–Crippen MR) is 108 cm³/mol. The SMILES string of the molecule is COc1ccc(S(=O)(=O)NCc2ccc(S(=O)(=O)N3CCOCC3)cc2)cc1C. The number of nitrogens with zero attached hydrogens (tertiary/aromatic N) is 1. The summed E-state index contributed by atoms with van der Waals surface area (Å²) in [6, 6.07) is 10.8. The van der Waals surface area contributed by atoms with Gasteiger partial charge in [0.2, 0.25) is 20.0 Å². The van der Waals surface area contributed by atoms with E-state index in [-0.39, 0.29) is 16.3 Å². The lowest BCUT2D eigenvalue weighted by molar-refractivity contribution is 0.0730. The lowest BCUT2D eigenvalue weighted by Gasteiger charge is -2.26. The number of methoxy groups -OCH3 is 1. The quantitative estimate of drug-likeness (QED) is 0.700. The molecule has 0 radical (unpaired) electrons. The molecule has 0 bridgehead atoms. The largest absolute Gasteiger partial charge is 0.496 e. The Morgan fingerprint density at radius 3 is 2.21 bits per heavy atom. The molecule has 2 aromatic carbocycles. The van der Waals surface area contributed by atoms with Gasteiger partial charge in [-0.3, -0.25) is 0 Å². The van der Waals surface area contributed by atoms with Crippen molar-refractivity contribution in [2.24, 2.45) is 0 Å². The fraction of sp³-hybridized carbons (Fsp3) is 0.368. The highest BCUT2D eigenvalue weighted by Crippen LogP contribution is 2.22. The Hall–Kier alpha value is -1.98. The molecule has 1 heterocycles. The van der Waals surface area contributed by atoms with Crippen molar-refractivity contribution < 1.29 is 26.3 Å². The second-order valence-corrected chi connectivity index (χ2v) is 10.3. The van der Waals surface area contributed by atoms with Crippen molar-refractivity contribution in [3.8, 4) is 5.75 Å². The summed E-state index contributed by atoms with van der Waals surface area (Å²) in [4.78, 5) is 0.319. The average molecular weight is 441 g/mol. The second-order valence-electron chi connectivity index (χ2n) is 6.62. The molecule has 1 fully saturated rings. The second kappa shape index (κ2) is 8.80. The van der Waals surface area contributed by atoms with Crippen LogP contribution in [-0.4, -0.2) is 54.6 Å². The van der Waals surface area contributed by atoms with Crippen LogP contribution in [-0.2, 0) is 31.3 Å². The highest BCUT2D eigenvalue weighted by molar-refractivity contribution is 7.89. The number of sulfonamides is 2. The van der Waals surface area contributed by atoms with Crippen molar-refractivity contribution in [1.29, 1.82) is 0 Å². The van der Waals surface area contributed by atoms with E-state index in [0.29, 0.717) is 43.2 Å². The van der Waals surface area contributed by atoms with E-state index in [1.165, 1.54) is 29.6 Å². The van der Waals surface area contributed by atoms with Crippen LogP contribution in [0, 0.1) is 6.92 Å². The molecular weight excluding hydrogens is 416 g/mol. The maximum absolute atomic E-state index is 12.6. The van der Waals surface area contributed by atoms with Crippen molar-refractivity contribution >= 4 is 20.0 Å². The Morgan fingerprint density at radius 2 is 1.62 bits per heavy atom. The van der Waals surface area contributed by atoms with Crippen LogP contribution in [0.4, 0.5) is 0 Å². The first-order chi connectivity index (χ1) is 13.7. The number of morpholine rings is 1. The van der Waals surface area contributed by atoms with Gasteiger partial charge in [0, 0.05) is 19.6 Å². The van der Waals surface area contributed by atoms with E-state index in [1.54, 1.807) is 31.2 Å². The summed E-state index contributed by atoms with van der Waals surface area (Å²) in [6.45, 7) is 3.22. The summed E-state index contributed by atoms with van der Waals surface area (Å²) < 4.78 is 64.6. The van der Waals surface area contributed by atoms with Gasteiger partial charge >= 0.3 is 0 Å². The van der Waals surface area contributed by atoms with Gasteiger partial charge in [-0.05, 0) is 48.4 Å². The summed E-state index contributed by atoms with van der Waals surface area (Å²) in [6.07, 6.45) is 0. The minimum Gasteiger partial charge on any atom is -0.496 e. The zero-order valence-corrected chi connectivity index (χ0v) is 17.9. The number of rotatable bonds is 7. The molecule has 0 atom stereocenters. The van der Waals surface area contributed by atoms with E-state index >= 15 is 0 Å². The molecular formula is C19H24N2O6S2. The molecule has 1 N–H and O–H groups in total. The van der Waals surface area contributed by atoms with Crippen molar-refractivity contribution in [1.82, 2.24) is 9.03 Å². The van der Waals surface area contributed by atoms with Crippen molar-refractivity contribution in [2.75, 3.05) is 33.4 Å². The van der Waals surface area contributed by atoms with E-state index in [2.05, 4.69) is 4.72 Å². The molecule has 0 spiro atoms. The lowest BCUT2D eigenvalue weighted by atomic mass is 10.2. The molecule has 1 aliphatic rings. The first-order valence-electron chi connectivity index (χ1n) is 9.05. The van der Waals surface area contributed by atoms with Gasteiger partial charge < -0.3 is 9.47 Å². The molecule has 0 aliphatic carbocycles. The first kappa shape index (κ1) is 21.7. The van der Waals surface area contributed by atoms with E-state index in [9.17, 15) is 16.8 Å². The van der Waals surface area contributed by atoms with E-state index < -0.39 is 20.0 Å². The number of ether oxygens (including phenoxy) is 2. The number of nitrogens with one attached hydrogen (secondary N) is 1. The molecule has 1 saturated heterocycles. The molecule has 0 saturated carbocycles. The van der Waals surface area contributed by atoms with Gasteiger partial charge in [0.15, 0.2) is 0 Å². The summed E-state index contributed by atoms with van der Waals surface area (Å²) in [5, 5.41) is 0. The van der Waals surface area contributed by atoms with Gasteiger partial charge in [0.05, 0.1) is 30.1 Å². The fourth-order valence-electron chi connectivity index (χ4n) is 3.00. The molecule has 29 heavy (non-hydrogen) atoms. The van der Waals surface area contributed by atoms with Crippen LogP contribution in [0.1, 0.15) is 11.1 Å². The van der Waals surface area contributed by atoms with Crippen LogP contribution >= 0.6 is 0 Å². The third-order valence-electron chi connectivity index (χ3n) is 4.67. The van der Waals surface area contributed by atoms with Gasteiger partial charge in [0.1, 0.15) is 5.75 Å². The van der Waals surface area contributed by atoms with Crippen LogP contribution < -0.4 is 9.46 Å². The minimum absolute atomic E-state index is 0.0469. The number of hydrogen-bond donors (Lipinski definition) is 1. The van der Waals surface area contributed by atoms with E-state index in [1.807, 2.05) is 0 Å². The van der Waals surface area contributed by atoms with Gasteiger partial charge in [-0.2, -0.15) is 4.31 Å². The first-order valence-corrected chi connectivity index (χ1v) is 12.0. The van der Waals surface area contributed by atoms with Crippen LogP contribution in [0.15, 0.2) is 52.3 Å². The van der Waals surface area contributed by atoms with E-state index in [0.717, 1.165) is 0 Å². The number of aryl methyl sites for hydroxylation is 1. The molecule has 0 aromatic heterocycles. The highest BCUT2D eigenvalue weighted by Gasteiger charge is 2.26. The van der Waals surface area contributed by atoms with Crippen LogP contribution in [0.3, 0.4) is 0 Å². The maximum Gasteiger partial charge on any atom is 0.243 e. The minimum atomic E-state index is -3.71. The van der Waals surface area contributed by atoms with Gasteiger partial charge in [-0.15, -0.1) is 0 Å². The molecule has 10 heteroatoms. The Morgan fingerprint density at radius 1 is 1.00 bits per heavy atom. The predicted octanol–water partition coefficient (Wildman–Crippen LogP) is 1.50. The molecule has 8 nitrogen and oxygen atoms in total. The lowest BCUT2D eigenvalue weighted by Crippen LogP contribution is -2.40. The smallest absolute Gasteiger partial charge is 0.243 e. The van der Waals surface area contributed by atoms with Crippen LogP contribution in [0.5, 0.6) is 5.75 Å². The standard InChI is InChI=1S/C19H24N2O6S2/c1-15-13-18(7-8-19(15)26-2)28(22,23)20-14-16-3-5-17(6-4-16)29(24,25)21-9-11-27-12-10-21/h3-8,13,20H,9-12,14H2,1-2H3. The van der Waals surface area contributed by atoms with Crippen molar-refractivity contribution in [3.63, 3.8) is 0 Å². The molecule has 0 unspecified atom stereocenters. The number of benzene rings is 2. The summed E-state index contributed by atoms with van der Waals surface area (Å²) in [5.41, 5.74) is 1.37. The third kappa shape index (κ3) is 4.96. The Bertz CT molecular complexity index is 1060. The molecule has 158 valence electrons. The average Bonchev–Trinajstić information content (AvgIpc) is 2.73. The Labute approximate surface area is 171 Å². The zero-order chi connectivity index (χ0) is 21.1. The Kier molecular flexibility index (Phi) is 6.59. The van der Waals surface area contributed by atoms with Gasteiger partial charge in [-0.25, -0.2) is 21.6 Å². The molecule has 0 amide bonds. The van der Waals surface area contributed by atoms with Crippen molar-refractivity contribution in [3.05, 3.63) is 53.6 Å². The Balaban J connectivity index is 1.69. The normalized spacial score (nSPS) is 15.9. The topological polar surface area (TPSA) is 102 Å². The molecule has 3 rings (SSSR count). The summed E-state index contributed by atoms with van der Waals surface area (Å²) in [7, 11) is -5.76. The van der Waals surface area contributed by atoms with Crippen LogP contribution in [0.25, 0.3) is 0 Å². The molecule has 2 aromatic rings. The van der Waals surface area contributed by atoms with Crippen molar-refractivity contribution in [2.45, 2.75) is 23.3 Å². The third-order valence-corrected chi connectivity index (χ3v) is 7.99. The summed E-state index contributed by atoms with van der Waals surface area (Å²) >= 11 is 0. The highest BCUT2D eigenvalue weighted by atomic mass is 32.2. The summed E-state index contributed by atoms with van der Waals surface area (Å²) in [5.74, 6) is 0.612. The fourth-order valence-corrected chi connectivity index (χ4v) is 5.51. The zero-order valence-electron chi connectivity index (χ0n) is 16.3. The van der Waals surface area contributed by atoms with Gasteiger partial charge in [0.25, 0.3) is 0 Å². The van der Waals surface area contributed by atoms with Crippen LogP contribution in [0.2, 0.25) is 0 Å².